The van der Waals surface area contributed by atoms with E-state index >= 15 is 0 Å². The van der Waals surface area contributed by atoms with Crippen LogP contribution in [-0.2, 0) is 24.1 Å². The van der Waals surface area contributed by atoms with Gasteiger partial charge in [0.25, 0.3) is 0 Å². The van der Waals surface area contributed by atoms with Gasteiger partial charge in [0.1, 0.15) is 6.10 Å². The van der Waals surface area contributed by atoms with Crippen molar-refractivity contribution in [3.63, 3.8) is 0 Å². The van der Waals surface area contributed by atoms with Gasteiger partial charge in [-0.1, -0.05) is 13.8 Å². The fraction of sp³-hybridized carbons (Fsp3) is 0.647. The van der Waals surface area contributed by atoms with Gasteiger partial charge in [-0.3, -0.25) is 4.68 Å². The van der Waals surface area contributed by atoms with E-state index in [-0.39, 0.29) is 6.10 Å². The molecule has 0 spiro atoms. The topological polar surface area (TPSA) is 77.8 Å². The van der Waals surface area contributed by atoms with E-state index in [0.29, 0.717) is 11.9 Å². The zero-order valence-corrected chi connectivity index (χ0v) is 14.7. The smallest absolute Gasteiger partial charge is 0.242 e. The van der Waals surface area contributed by atoms with E-state index in [1.807, 2.05) is 10.9 Å². The van der Waals surface area contributed by atoms with Crippen LogP contribution in [0.2, 0.25) is 0 Å². The third kappa shape index (κ3) is 3.40. The Morgan fingerprint density at radius 3 is 2.79 bits per heavy atom. The molecule has 24 heavy (non-hydrogen) atoms. The van der Waals surface area contributed by atoms with Crippen LogP contribution in [0.3, 0.4) is 0 Å². The Morgan fingerprint density at radius 1 is 1.21 bits per heavy atom. The molecule has 0 saturated carbocycles. The van der Waals surface area contributed by atoms with Crippen molar-refractivity contribution >= 4 is 5.95 Å². The molecule has 1 aliphatic heterocycles. The standard InChI is InChI=1S/C17H26N6O/c1-4-13-14(5-2)21-22-17(20-13)18-11-12-8-10-24-16(12)15-7-9-19-23(15)6-3/h7,9,12,16H,4-6,8,10-11H2,1-3H3,(H,18,20,22)/t12-,16+/m0/s1. The van der Waals surface area contributed by atoms with Gasteiger partial charge in [-0.05, 0) is 32.3 Å². The predicted octanol–water partition coefficient (Wildman–Crippen LogP) is 2.40. The molecule has 1 aliphatic rings. The number of nitrogens with zero attached hydrogens (tertiary/aromatic N) is 5. The van der Waals surface area contributed by atoms with Gasteiger partial charge in [-0.15, -0.1) is 5.10 Å². The zero-order chi connectivity index (χ0) is 16.9. The molecule has 0 aromatic carbocycles. The third-order valence-electron chi connectivity index (χ3n) is 4.59. The Morgan fingerprint density at radius 2 is 2.04 bits per heavy atom. The van der Waals surface area contributed by atoms with Crippen LogP contribution in [0.1, 0.15) is 50.4 Å². The minimum absolute atomic E-state index is 0.0773. The van der Waals surface area contributed by atoms with Crippen molar-refractivity contribution in [2.75, 3.05) is 18.5 Å². The van der Waals surface area contributed by atoms with Crippen molar-refractivity contribution in [2.24, 2.45) is 5.92 Å². The lowest BCUT2D eigenvalue weighted by Gasteiger charge is -2.20. The van der Waals surface area contributed by atoms with Crippen LogP contribution in [-0.4, -0.2) is 38.1 Å². The Hall–Kier alpha value is -2.02. The van der Waals surface area contributed by atoms with Crippen LogP contribution in [0.15, 0.2) is 12.3 Å². The first-order valence-electron chi connectivity index (χ1n) is 8.86. The van der Waals surface area contributed by atoms with Gasteiger partial charge in [-0.2, -0.15) is 10.2 Å². The zero-order valence-electron chi connectivity index (χ0n) is 14.7. The number of hydrogen-bond acceptors (Lipinski definition) is 6. The number of rotatable bonds is 7. The van der Waals surface area contributed by atoms with Crippen LogP contribution >= 0.6 is 0 Å². The summed E-state index contributed by atoms with van der Waals surface area (Å²) in [5.74, 6) is 0.991. The summed E-state index contributed by atoms with van der Waals surface area (Å²) >= 11 is 0. The lowest BCUT2D eigenvalue weighted by molar-refractivity contribution is 0.0858. The molecule has 3 rings (SSSR count). The van der Waals surface area contributed by atoms with Crippen molar-refractivity contribution < 1.29 is 4.74 Å². The SMILES string of the molecule is CCc1nnc(NC[C@@H]2CCO[C@H]2c2ccnn2CC)nc1CC. The van der Waals surface area contributed by atoms with Crippen molar-refractivity contribution in [3.05, 3.63) is 29.3 Å². The van der Waals surface area contributed by atoms with Crippen molar-refractivity contribution in [3.8, 4) is 0 Å². The molecule has 7 nitrogen and oxygen atoms in total. The molecule has 0 bridgehead atoms. The highest BCUT2D eigenvalue weighted by Crippen LogP contribution is 2.34. The van der Waals surface area contributed by atoms with Gasteiger partial charge in [-0.25, -0.2) is 4.98 Å². The molecule has 0 radical (unpaired) electrons. The molecule has 3 heterocycles. The van der Waals surface area contributed by atoms with Gasteiger partial charge in [0.2, 0.25) is 5.95 Å². The minimum atomic E-state index is 0.0773. The normalized spacial score (nSPS) is 20.5. The van der Waals surface area contributed by atoms with Gasteiger partial charge < -0.3 is 10.1 Å². The first-order valence-corrected chi connectivity index (χ1v) is 8.86. The summed E-state index contributed by atoms with van der Waals surface area (Å²) in [6.07, 6.45) is 4.68. The van der Waals surface area contributed by atoms with Crippen LogP contribution in [0.5, 0.6) is 0 Å². The molecule has 0 aliphatic carbocycles. The highest BCUT2D eigenvalue weighted by atomic mass is 16.5. The monoisotopic (exact) mass is 330 g/mol. The largest absolute Gasteiger partial charge is 0.372 e. The third-order valence-corrected chi connectivity index (χ3v) is 4.59. The number of nitrogens with one attached hydrogen (secondary N) is 1. The maximum Gasteiger partial charge on any atom is 0.242 e. The van der Waals surface area contributed by atoms with E-state index < -0.39 is 0 Å². The van der Waals surface area contributed by atoms with E-state index in [1.165, 1.54) is 0 Å². The summed E-state index contributed by atoms with van der Waals surface area (Å²) in [4.78, 5) is 4.60. The molecule has 2 atom stereocenters. The van der Waals surface area contributed by atoms with Gasteiger partial charge in [0.15, 0.2) is 0 Å². The van der Waals surface area contributed by atoms with Crippen LogP contribution < -0.4 is 5.32 Å². The van der Waals surface area contributed by atoms with Crippen molar-refractivity contribution in [2.45, 2.75) is 52.7 Å². The first-order chi connectivity index (χ1) is 11.8. The maximum absolute atomic E-state index is 5.97. The molecule has 2 aromatic heterocycles. The average molecular weight is 330 g/mol. The Bertz CT molecular complexity index is 671. The molecule has 0 amide bonds. The Balaban J connectivity index is 1.67. The summed E-state index contributed by atoms with van der Waals surface area (Å²) < 4.78 is 7.97. The van der Waals surface area contributed by atoms with E-state index in [9.17, 15) is 0 Å². The average Bonchev–Trinajstić information content (AvgIpc) is 3.27. The van der Waals surface area contributed by atoms with Crippen LogP contribution in [0.25, 0.3) is 0 Å². The molecular weight excluding hydrogens is 304 g/mol. The number of anilines is 1. The quantitative estimate of drug-likeness (QED) is 0.840. The number of ether oxygens (including phenoxy) is 1. The fourth-order valence-electron chi connectivity index (χ4n) is 3.25. The molecule has 7 heteroatoms. The van der Waals surface area contributed by atoms with E-state index in [0.717, 1.165) is 56.0 Å². The number of aromatic nitrogens is 5. The van der Waals surface area contributed by atoms with E-state index in [2.05, 4.69) is 52.4 Å². The van der Waals surface area contributed by atoms with Crippen molar-refractivity contribution in [1.82, 2.24) is 25.0 Å². The lowest BCUT2D eigenvalue weighted by atomic mass is 9.99. The minimum Gasteiger partial charge on any atom is -0.372 e. The molecule has 130 valence electrons. The fourth-order valence-corrected chi connectivity index (χ4v) is 3.25. The van der Waals surface area contributed by atoms with Crippen LogP contribution in [0.4, 0.5) is 5.95 Å². The van der Waals surface area contributed by atoms with Gasteiger partial charge in [0, 0.05) is 31.8 Å². The van der Waals surface area contributed by atoms with E-state index in [1.54, 1.807) is 0 Å². The van der Waals surface area contributed by atoms with Gasteiger partial charge in [0.05, 0.1) is 17.1 Å². The molecule has 1 fully saturated rings. The van der Waals surface area contributed by atoms with Crippen LogP contribution in [0, 0.1) is 5.92 Å². The number of hydrogen-bond donors (Lipinski definition) is 1. The lowest BCUT2D eigenvalue weighted by Crippen LogP contribution is -2.21. The summed E-state index contributed by atoms with van der Waals surface area (Å²) in [5, 5.41) is 16.2. The summed E-state index contributed by atoms with van der Waals surface area (Å²) in [7, 11) is 0. The highest BCUT2D eigenvalue weighted by Gasteiger charge is 2.31. The summed E-state index contributed by atoms with van der Waals surface area (Å²) in [6, 6.07) is 2.05. The summed E-state index contributed by atoms with van der Waals surface area (Å²) in [5.41, 5.74) is 3.16. The van der Waals surface area contributed by atoms with Crippen molar-refractivity contribution in [1.29, 1.82) is 0 Å². The Kier molecular flexibility index (Phi) is 5.40. The highest BCUT2D eigenvalue weighted by molar-refractivity contribution is 5.26. The first kappa shape index (κ1) is 16.8. The Labute approximate surface area is 142 Å². The second kappa shape index (κ2) is 7.70. The molecule has 1 saturated heterocycles. The molecule has 1 N–H and O–H groups in total. The molecular formula is C17H26N6O. The second-order valence-corrected chi connectivity index (χ2v) is 6.03. The second-order valence-electron chi connectivity index (χ2n) is 6.03. The van der Waals surface area contributed by atoms with Gasteiger partial charge >= 0.3 is 0 Å². The maximum atomic E-state index is 5.97. The summed E-state index contributed by atoms with van der Waals surface area (Å²) in [6.45, 7) is 8.68. The predicted molar refractivity (Wildman–Crippen MR) is 91.8 cm³/mol. The molecule has 0 unspecified atom stereocenters. The number of aryl methyl sites for hydroxylation is 3. The molecule has 2 aromatic rings. The van der Waals surface area contributed by atoms with E-state index in [4.69, 9.17) is 4.74 Å².